The van der Waals surface area contributed by atoms with Gasteiger partial charge in [0.2, 0.25) is 5.91 Å². The molecule has 0 saturated carbocycles. The summed E-state index contributed by atoms with van der Waals surface area (Å²) in [4.78, 5) is 22.4. The van der Waals surface area contributed by atoms with Crippen molar-refractivity contribution < 1.29 is 14.7 Å². The van der Waals surface area contributed by atoms with Gasteiger partial charge in [-0.05, 0) is 29.6 Å². The maximum atomic E-state index is 11.8. The first-order valence-electron chi connectivity index (χ1n) is 7.33. The summed E-state index contributed by atoms with van der Waals surface area (Å²) in [6, 6.07) is 10.1. The number of carbonyl (C=O) groups excluding carboxylic acids is 1. The maximum absolute atomic E-state index is 11.8. The summed E-state index contributed by atoms with van der Waals surface area (Å²) in [6.45, 7) is 0. The summed E-state index contributed by atoms with van der Waals surface area (Å²) in [6.07, 6.45) is 7.54. The minimum absolute atomic E-state index is 0.118. The molecule has 2 aliphatic rings. The molecule has 0 aromatic heterocycles. The van der Waals surface area contributed by atoms with E-state index in [1.165, 1.54) is 11.1 Å². The van der Waals surface area contributed by atoms with Crippen molar-refractivity contribution >= 4 is 11.9 Å². The zero-order valence-electron chi connectivity index (χ0n) is 12.1. The third-order valence-corrected chi connectivity index (χ3v) is 3.94. The van der Waals surface area contributed by atoms with Crippen molar-refractivity contribution in [3.63, 3.8) is 0 Å². The lowest BCUT2D eigenvalue weighted by atomic mass is 9.86. The second kappa shape index (κ2) is 6.02. The lowest BCUT2D eigenvalue weighted by Gasteiger charge is -2.23. The van der Waals surface area contributed by atoms with Crippen molar-refractivity contribution in [3.8, 4) is 0 Å². The van der Waals surface area contributed by atoms with Crippen LogP contribution in [0.2, 0.25) is 0 Å². The number of carboxylic acids is 1. The summed E-state index contributed by atoms with van der Waals surface area (Å²) in [5.41, 5.74) is 4.24. The Labute approximate surface area is 128 Å². The number of allylic oxidation sites excluding steroid dienone is 5. The second-order valence-electron chi connectivity index (χ2n) is 5.46. The molecule has 0 fully saturated rings. The Bertz CT molecular complexity index is 698. The highest BCUT2D eigenvalue weighted by Gasteiger charge is 2.27. The van der Waals surface area contributed by atoms with Crippen molar-refractivity contribution in [3.05, 3.63) is 71.0 Å². The zero-order valence-corrected chi connectivity index (χ0v) is 12.1. The number of carboxylic acid groups (broad SMARTS) is 1. The van der Waals surface area contributed by atoms with Gasteiger partial charge in [0, 0.05) is 11.6 Å². The highest BCUT2D eigenvalue weighted by atomic mass is 16.4. The van der Waals surface area contributed by atoms with Crippen LogP contribution in [0, 0.1) is 0 Å². The number of hydrogen-bond acceptors (Lipinski definition) is 2. The van der Waals surface area contributed by atoms with Crippen LogP contribution in [0.4, 0.5) is 0 Å². The third-order valence-electron chi connectivity index (χ3n) is 3.94. The van der Waals surface area contributed by atoms with Crippen molar-refractivity contribution in [2.24, 2.45) is 0 Å². The molecule has 1 unspecified atom stereocenters. The summed E-state index contributed by atoms with van der Waals surface area (Å²) < 4.78 is 0. The van der Waals surface area contributed by atoms with Gasteiger partial charge in [0.25, 0.3) is 0 Å². The topological polar surface area (TPSA) is 66.4 Å². The van der Waals surface area contributed by atoms with Crippen molar-refractivity contribution in [2.75, 3.05) is 0 Å². The van der Waals surface area contributed by atoms with Gasteiger partial charge in [0.05, 0.1) is 0 Å². The van der Waals surface area contributed by atoms with Crippen molar-refractivity contribution in [1.29, 1.82) is 0 Å². The normalized spacial score (nSPS) is 19.6. The monoisotopic (exact) mass is 295 g/mol. The van der Waals surface area contributed by atoms with Crippen LogP contribution in [0.1, 0.15) is 30.7 Å². The summed E-state index contributed by atoms with van der Waals surface area (Å²) in [5.74, 6) is -1.48. The Morgan fingerprint density at radius 3 is 2.73 bits per heavy atom. The molecule has 1 aromatic rings. The average molecular weight is 295 g/mol. The Balaban J connectivity index is 1.85. The summed E-state index contributed by atoms with van der Waals surface area (Å²) >= 11 is 0. The van der Waals surface area contributed by atoms with Crippen LogP contribution in [-0.2, 0) is 9.59 Å². The number of hydrogen-bond donors (Lipinski definition) is 2. The highest BCUT2D eigenvalue weighted by Crippen LogP contribution is 2.41. The molecular weight excluding hydrogens is 278 g/mol. The molecule has 22 heavy (non-hydrogen) atoms. The summed E-state index contributed by atoms with van der Waals surface area (Å²) in [5, 5.41) is 11.5. The number of carbonyl (C=O) groups is 2. The zero-order chi connectivity index (χ0) is 15.5. The number of benzene rings is 1. The van der Waals surface area contributed by atoms with Crippen LogP contribution < -0.4 is 5.32 Å². The molecule has 112 valence electrons. The molecule has 4 heteroatoms. The van der Waals surface area contributed by atoms with E-state index in [0.717, 1.165) is 24.1 Å². The van der Waals surface area contributed by atoms with Gasteiger partial charge in [-0.3, -0.25) is 9.59 Å². The Morgan fingerprint density at radius 1 is 1.23 bits per heavy atom. The number of rotatable bonds is 4. The molecule has 4 nitrogen and oxygen atoms in total. The Morgan fingerprint density at radius 2 is 2.00 bits per heavy atom. The predicted octanol–water partition coefficient (Wildman–Crippen LogP) is 2.91. The second-order valence-corrected chi connectivity index (χ2v) is 5.46. The highest BCUT2D eigenvalue weighted by molar-refractivity contribution is 5.94. The van der Waals surface area contributed by atoms with Gasteiger partial charge in [-0.2, -0.15) is 0 Å². The van der Waals surface area contributed by atoms with E-state index in [4.69, 9.17) is 5.11 Å². The van der Waals surface area contributed by atoms with Crippen LogP contribution >= 0.6 is 0 Å². The van der Waals surface area contributed by atoms with E-state index in [9.17, 15) is 9.59 Å². The predicted molar refractivity (Wildman–Crippen MR) is 83.1 cm³/mol. The molecule has 0 saturated heterocycles. The number of amides is 1. The van der Waals surface area contributed by atoms with Crippen molar-refractivity contribution in [2.45, 2.75) is 25.2 Å². The van der Waals surface area contributed by atoms with Crippen LogP contribution in [0.3, 0.4) is 0 Å². The van der Waals surface area contributed by atoms with E-state index in [1.54, 1.807) is 0 Å². The van der Waals surface area contributed by atoms with Gasteiger partial charge in [-0.1, -0.05) is 48.6 Å². The molecular formula is C18H17NO3. The Kier molecular flexibility index (Phi) is 3.92. The summed E-state index contributed by atoms with van der Waals surface area (Å²) in [7, 11) is 0. The first-order chi connectivity index (χ1) is 10.6. The molecule has 2 N–H and O–H groups in total. The molecule has 1 aromatic carbocycles. The molecule has 0 radical (unpaired) electrons. The molecule has 1 atom stereocenters. The number of nitrogens with one attached hydrogen (secondary N) is 1. The molecule has 3 rings (SSSR count). The van der Waals surface area contributed by atoms with Crippen LogP contribution in [0.25, 0.3) is 0 Å². The van der Waals surface area contributed by atoms with Crippen LogP contribution in [0.15, 0.2) is 65.4 Å². The standard InChI is InChI=1S/C18H17NO3/c20-16(11-17(21)22)19-15-8-4-7-13-9-10-14(18(13)15)12-5-2-1-3-6-12/h1-3,5-6,8-10,14H,4,7,11H2,(H,19,20)(H,21,22). The smallest absolute Gasteiger partial charge is 0.312 e. The van der Waals surface area contributed by atoms with Gasteiger partial charge in [-0.25, -0.2) is 0 Å². The van der Waals surface area contributed by atoms with E-state index < -0.39 is 18.3 Å². The first-order valence-corrected chi connectivity index (χ1v) is 7.33. The SMILES string of the molecule is O=C(O)CC(=O)NC1=CCCC2=C1C(c1ccccc1)C=C2. The molecule has 0 heterocycles. The lowest BCUT2D eigenvalue weighted by Crippen LogP contribution is -2.28. The van der Waals surface area contributed by atoms with Crippen LogP contribution in [-0.4, -0.2) is 17.0 Å². The fraction of sp³-hybridized carbons (Fsp3) is 0.222. The van der Waals surface area contributed by atoms with E-state index in [1.807, 2.05) is 24.3 Å². The average Bonchev–Trinajstić information content (AvgIpc) is 2.92. The quantitative estimate of drug-likeness (QED) is 0.839. The van der Waals surface area contributed by atoms with E-state index in [-0.39, 0.29) is 5.92 Å². The maximum Gasteiger partial charge on any atom is 0.312 e. The fourth-order valence-corrected chi connectivity index (χ4v) is 3.03. The lowest BCUT2D eigenvalue weighted by molar-refractivity contribution is -0.140. The molecule has 0 spiro atoms. The van der Waals surface area contributed by atoms with Gasteiger partial charge < -0.3 is 10.4 Å². The molecule has 2 aliphatic carbocycles. The number of aliphatic carboxylic acids is 1. The molecule has 1 amide bonds. The van der Waals surface area contributed by atoms with Gasteiger partial charge in [0.15, 0.2) is 0 Å². The molecule has 0 bridgehead atoms. The van der Waals surface area contributed by atoms with Crippen molar-refractivity contribution in [1.82, 2.24) is 5.32 Å². The van der Waals surface area contributed by atoms with E-state index >= 15 is 0 Å². The van der Waals surface area contributed by atoms with Gasteiger partial charge in [-0.15, -0.1) is 0 Å². The van der Waals surface area contributed by atoms with Gasteiger partial charge in [0.1, 0.15) is 6.42 Å². The minimum Gasteiger partial charge on any atom is -0.481 e. The largest absolute Gasteiger partial charge is 0.481 e. The third kappa shape index (κ3) is 2.86. The fourth-order valence-electron chi connectivity index (χ4n) is 3.03. The van der Waals surface area contributed by atoms with Gasteiger partial charge >= 0.3 is 5.97 Å². The Hall–Kier alpha value is -2.62. The van der Waals surface area contributed by atoms with Crippen LogP contribution in [0.5, 0.6) is 0 Å². The van der Waals surface area contributed by atoms with E-state index in [0.29, 0.717) is 0 Å². The van der Waals surface area contributed by atoms with E-state index in [2.05, 4.69) is 29.6 Å². The minimum atomic E-state index is -1.12. The first kappa shape index (κ1) is 14.3. The molecule has 0 aliphatic heterocycles.